The van der Waals surface area contributed by atoms with Crippen molar-refractivity contribution in [3.63, 3.8) is 0 Å². The minimum absolute atomic E-state index is 0.155. The molecule has 3 heterocycles. The number of fused-ring (bicyclic) bond motifs is 1. The third-order valence-corrected chi connectivity index (χ3v) is 4.90. The highest BCUT2D eigenvalue weighted by molar-refractivity contribution is 5.90. The highest BCUT2D eigenvalue weighted by Crippen LogP contribution is 2.26. The third kappa shape index (κ3) is 4.14. The number of aliphatic hydroxyl groups is 2. The molecule has 4 rings (SSSR count). The van der Waals surface area contributed by atoms with E-state index in [0.717, 1.165) is 10.9 Å². The van der Waals surface area contributed by atoms with Crippen LogP contribution < -0.4 is 10.6 Å². The first-order valence-electron chi connectivity index (χ1n) is 9.62. The molecule has 8 nitrogen and oxygen atoms in total. The van der Waals surface area contributed by atoms with Gasteiger partial charge in [-0.25, -0.2) is 4.98 Å². The number of hydrogen-bond acceptors (Lipinski definition) is 8. The predicted octanol–water partition coefficient (Wildman–Crippen LogP) is 3.46. The van der Waals surface area contributed by atoms with E-state index in [2.05, 4.69) is 20.6 Å². The number of benzene rings is 1. The summed E-state index contributed by atoms with van der Waals surface area (Å²) in [5, 5.41) is 28.5. The fourth-order valence-electron chi connectivity index (χ4n) is 3.14. The molecule has 0 saturated heterocycles. The molecule has 0 aliphatic heterocycles. The molecule has 0 amide bonds. The SMILES string of the molecule is CC(O)(CNc1nc(NCC(C)(O)c2ccco2)c2ccccc2n1)c1ccco1. The molecule has 0 spiro atoms. The molecular formula is C22H24N4O4. The van der Waals surface area contributed by atoms with E-state index >= 15 is 0 Å². The Morgan fingerprint density at radius 2 is 1.40 bits per heavy atom. The van der Waals surface area contributed by atoms with Gasteiger partial charge in [0.2, 0.25) is 5.95 Å². The van der Waals surface area contributed by atoms with Gasteiger partial charge in [-0.05, 0) is 50.2 Å². The first-order valence-corrected chi connectivity index (χ1v) is 9.62. The van der Waals surface area contributed by atoms with Gasteiger partial charge in [0, 0.05) is 5.39 Å². The van der Waals surface area contributed by atoms with Crippen LogP contribution in [0.15, 0.2) is 69.9 Å². The Labute approximate surface area is 173 Å². The van der Waals surface area contributed by atoms with Gasteiger partial charge in [0.15, 0.2) is 0 Å². The number of anilines is 2. The first kappa shape index (κ1) is 19.9. The van der Waals surface area contributed by atoms with E-state index in [9.17, 15) is 10.2 Å². The van der Waals surface area contributed by atoms with Crippen LogP contribution in [0.2, 0.25) is 0 Å². The van der Waals surface area contributed by atoms with Crippen molar-refractivity contribution >= 4 is 22.7 Å². The summed E-state index contributed by atoms with van der Waals surface area (Å²) in [6.45, 7) is 3.66. The molecule has 1 aromatic carbocycles. The number of hydrogen-bond donors (Lipinski definition) is 4. The summed E-state index contributed by atoms with van der Waals surface area (Å²) >= 11 is 0. The van der Waals surface area contributed by atoms with E-state index in [1.54, 1.807) is 38.1 Å². The maximum absolute atomic E-state index is 10.7. The molecule has 4 N–H and O–H groups in total. The lowest BCUT2D eigenvalue weighted by Crippen LogP contribution is -2.31. The molecule has 8 heteroatoms. The predicted molar refractivity (Wildman–Crippen MR) is 113 cm³/mol. The van der Waals surface area contributed by atoms with Crippen LogP contribution in [0, 0.1) is 0 Å². The second kappa shape index (κ2) is 7.81. The number of nitrogens with zero attached hydrogens (tertiary/aromatic N) is 2. The van der Waals surface area contributed by atoms with Crippen molar-refractivity contribution in [3.8, 4) is 0 Å². The standard InChI is InChI=1S/C22H24N4O4/c1-21(27,17-9-5-11-29-17)13-23-19-15-7-3-4-8-16(15)25-20(26-19)24-14-22(2,28)18-10-6-12-30-18/h3-12,27-28H,13-14H2,1-2H3,(H2,23,24,25,26). The Morgan fingerprint density at radius 1 is 0.800 bits per heavy atom. The fraction of sp³-hybridized carbons (Fsp3) is 0.273. The van der Waals surface area contributed by atoms with Gasteiger partial charge in [0.25, 0.3) is 0 Å². The zero-order valence-corrected chi connectivity index (χ0v) is 16.8. The molecule has 3 aromatic heterocycles. The molecule has 0 bridgehead atoms. The lowest BCUT2D eigenvalue weighted by atomic mass is 10.0. The van der Waals surface area contributed by atoms with Crippen LogP contribution in [-0.4, -0.2) is 33.3 Å². The largest absolute Gasteiger partial charge is 0.466 e. The Balaban J connectivity index is 1.57. The molecule has 0 fully saturated rings. The summed E-state index contributed by atoms with van der Waals surface area (Å²) in [5.41, 5.74) is -1.71. The van der Waals surface area contributed by atoms with Crippen molar-refractivity contribution < 1.29 is 19.0 Å². The van der Waals surface area contributed by atoms with E-state index in [1.165, 1.54) is 12.5 Å². The Bertz CT molecular complexity index is 1110. The second-order valence-electron chi connectivity index (χ2n) is 7.62. The van der Waals surface area contributed by atoms with Crippen molar-refractivity contribution in [1.82, 2.24) is 9.97 Å². The van der Waals surface area contributed by atoms with E-state index in [0.29, 0.717) is 23.3 Å². The molecule has 156 valence electrons. The molecule has 0 saturated carbocycles. The first-order chi connectivity index (χ1) is 14.4. The maximum Gasteiger partial charge on any atom is 0.225 e. The van der Waals surface area contributed by atoms with Crippen LogP contribution in [-0.2, 0) is 11.2 Å². The van der Waals surface area contributed by atoms with Gasteiger partial charge < -0.3 is 29.7 Å². The number of furan rings is 2. The van der Waals surface area contributed by atoms with Gasteiger partial charge in [-0.2, -0.15) is 4.98 Å². The van der Waals surface area contributed by atoms with Crippen LogP contribution in [0.3, 0.4) is 0 Å². The summed E-state index contributed by atoms with van der Waals surface area (Å²) in [7, 11) is 0. The van der Waals surface area contributed by atoms with Crippen LogP contribution in [0.5, 0.6) is 0 Å². The second-order valence-corrected chi connectivity index (χ2v) is 7.62. The lowest BCUT2D eigenvalue weighted by Gasteiger charge is -2.23. The average molecular weight is 408 g/mol. The summed E-state index contributed by atoms with van der Waals surface area (Å²) in [6.07, 6.45) is 3.04. The minimum atomic E-state index is -1.23. The fourth-order valence-corrected chi connectivity index (χ4v) is 3.14. The van der Waals surface area contributed by atoms with Gasteiger partial charge >= 0.3 is 0 Å². The molecule has 2 atom stereocenters. The molecular weight excluding hydrogens is 384 g/mol. The smallest absolute Gasteiger partial charge is 0.225 e. The Hall–Kier alpha value is -3.36. The van der Waals surface area contributed by atoms with Crippen LogP contribution in [0.4, 0.5) is 11.8 Å². The third-order valence-electron chi connectivity index (χ3n) is 4.90. The van der Waals surface area contributed by atoms with Gasteiger partial charge in [-0.15, -0.1) is 0 Å². The Morgan fingerprint density at radius 3 is 2.00 bits per heavy atom. The highest BCUT2D eigenvalue weighted by atomic mass is 16.4. The number of nitrogens with one attached hydrogen (secondary N) is 2. The van der Waals surface area contributed by atoms with E-state index in [-0.39, 0.29) is 13.1 Å². The van der Waals surface area contributed by atoms with Gasteiger partial charge in [-0.1, -0.05) is 12.1 Å². The van der Waals surface area contributed by atoms with Gasteiger partial charge in [0.1, 0.15) is 28.5 Å². The van der Waals surface area contributed by atoms with E-state index in [4.69, 9.17) is 8.83 Å². The Kier molecular flexibility index (Phi) is 5.19. The minimum Gasteiger partial charge on any atom is -0.466 e. The molecule has 4 aromatic rings. The van der Waals surface area contributed by atoms with E-state index in [1.807, 2.05) is 24.3 Å². The van der Waals surface area contributed by atoms with Gasteiger partial charge in [0.05, 0.1) is 31.1 Å². The summed E-state index contributed by atoms with van der Waals surface area (Å²) in [6, 6.07) is 14.5. The molecule has 30 heavy (non-hydrogen) atoms. The molecule has 0 aliphatic rings. The summed E-state index contributed by atoms with van der Waals surface area (Å²) in [5.74, 6) is 1.82. The monoisotopic (exact) mass is 408 g/mol. The van der Waals surface area contributed by atoms with E-state index < -0.39 is 11.2 Å². The van der Waals surface area contributed by atoms with Crippen molar-refractivity contribution in [2.24, 2.45) is 0 Å². The number of aromatic nitrogens is 2. The van der Waals surface area contributed by atoms with Crippen LogP contribution in [0.1, 0.15) is 25.4 Å². The molecule has 0 aliphatic carbocycles. The van der Waals surface area contributed by atoms with Crippen LogP contribution >= 0.6 is 0 Å². The molecule has 2 unspecified atom stereocenters. The number of para-hydroxylation sites is 1. The highest BCUT2D eigenvalue weighted by Gasteiger charge is 2.28. The number of rotatable bonds is 8. The zero-order chi connectivity index (χ0) is 21.2. The van der Waals surface area contributed by atoms with Gasteiger partial charge in [-0.3, -0.25) is 0 Å². The molecule has 0 radical (unpaired) electrons. The normalized spacial score (nSPS) is 15.5. The van der Waals surface area contributed by atoms with Crippen molar-refractivity contribution in [2.45, 2.75) is 25.0 Å². The van der Waals surface area contributed by atoms with Crippen molar-refractivity contribution in [1.29, 1.82) is 0 Å². The average Bonchev–Trinajstić information content (AvgIpc) is 3.45. The summed E-state index contributed by atoms with van der Waals surface area (Å²) in [4.78, 5) is 9.08. The van der Waals surface area contributed by atoms with Crippen molar-refractivity contribution in [3.05, 3.63) is 72.6 Å². The van der Waals surface area contributed by atoms with Crippen molar-refractivity contribution in [2.75, 3.05) is 23.7 Å². The quantitative estimate of drug-likeness (QED) is 0.350. The lowest BCUT2D eigenvalue weighted by molar-refractivity contribution is 0.0474. The topological polar surface area (TPSA) is 117 Å². The summed E-state index contributed by atoms with van der Waals surface area (Å²) < 4.78 is 10.6. The maximum atomic E-state index is 10.7. The van der Waals surface area contributed by atoms with Crippen LogP contribution in [0.25, 0.3) is 10.9 Å². The zero-order valence-electron chi connectivity index (χ0n) is 16.8.